The van der Waals surface area contributed by atoms with Crippen molar-refractivity contribution in [2.75, 3.05) is 46.3 Å². The fourth-order valence-corrected chi connectivity index (χ4v) is 2.55. The van der Waals surface area contributed by atoms with Crippen LogP contribution < -0.4 is 5.32 Å². The predicted octanol–water partition coefficient (Wildman–Crippen LogP) is 1.40. The molecule has 0 aromatic rings. The minimum Gasteiger partial charge on any atom is -0.316 e. The summed E-state index contributed by atoms with van der Waals surface area (Å²) in [5, 5.41) is 3.40. The van der Waals surface area contributed by atoms with Crippen LogP contribution >= 0.6 is 0 Å². The van der Waals surface area contributed by atoms with Gasteiger partial charge in [-0.2, -0.15) is 0 Å². The van der Waals surface area contributed by atoms with Crippen molar-refractivity contribution in [1.29, 1.82) is 0 Å². The molecule has 1 atom stereocenters. The summed E-state index contributed by atoms with van der Waals surface area (Å²) >= 11 is 0. The lowest BCUT2D eigenvalue weighted by Crippen LogP contribution is -2.45. The predicted molar refractivity (Wildman–Crippen MR) is 70.9 cm³/mol. The molecule has 3 heteroatoms. The van der Waals surface area contributed by atoms with E-state index in [9.17, 15) is 0 Å². The van der Waals surface area contributed by atoms with E-state index in [0.29, 0.717) is 0 Å². The lowest BCUT2D eigenvalue weighted by atomic mass is 10.1. The van der Waals surface area contributed by atoms with Gasteiger partial charge in [0.2, 0.25) is 0 Å². The van der Waals surface area contributed by atoms with Gasteiger partial charge in [0.25, 0.3) is 0 Å². The van der Waals surface area contributed by atoms with E-state index < -0.39 is 0 Å². The summed E-state index contributed by atoms with van der Waals surface area (Å²) in [4.78, 5) is 5.13. The molecule has 0 spiro atoms. The first kappa shape index (κ1) is 13.9. The molecule has 1 rings (SSSR count). The summed E-state index contributed by atoms with van der Waals surface area (Å²) in [7, 11) is 2.09. The molecule has 0 aliphatic carbocycles. The molecule has 1 saturated heterocycles. The van der Waals surface area contributed by atoms with E-state index in [2.05, 4.69) is 36.0 Å². The maximum Gasteiger partial charge on any atom is 0.0192 e. The van der Waals surface area contributed by atoms with Crippen LogP contribution in [-0.2, 0) is 0 Å². The van der Waals surface area contributed by atoms with Crippen LogP contribution in [0.3, 0.4) is 0 Å². The first-order valence-corrected chi connectivity index (χ1v) is 6.92. The van der Waals surface area contributed by atoms with Crippen LogP contribution in [0.5, 0.6) is 0 Å². The largest absolute Gasteiger partial charge is 0.316 e. The second kappa shape index (κ2) is 8.04. The maximum absolute atomic E-state index is 3.40. The number of rotatable bonds is 7. The molecular weight excluding hydrogens is 198 g/mol. The first-order valence-electron chi connectivity index (χ1n) is 6.92. The molecule has 0 bridgehead atoms. The second-order valence-corrected chi connectivity index (χ2v) is 4.81. The molecule has 1 fully saturated rings. The third-order valence-electron chi connectivity index (χ3n) is 3.76. The Morgan fingerprint density at radius 1 is 1.31 bits per heavy atom. The van der Waals surface area contributed by atoms with Crippen LogP contribution in [0.2, 0.25) is 0 Å². The first-order chi connectivity index (χ1) is 7.80. The van der Waals surface area contributed by atoms with Crippen LogP contribution in [0.1, 0.15) is 33.1 Å². The van der Waals surface area contributed by atoms with Gasteiger partial charge in [-0.3, -0.25) is 0 Å². The van der Waals surface area contributed by atoms with E-state index in [1.54, 1.807) is 0 Å². The quantitative estimate of drug-likeness (QED) is 0.709. The Morgan fingerprint density at radius 3 is 2.69 bits per heavy atom. The summed E-state index contributed by atoms with van der Waals surface area (Å²) in [6, 6.07) is 0.724. The van der Waals surface area contributed by atoms with Crippen molar-refractivity contribution in [3.05, 3.63) is 0 Å². The van der Waals surface area contributed by atoms with Crippen molar-refractivity contribution in [3.8, 4) is 0 Å². The topological polar surface area (TPSA) is 18.5 Å². The van der Waals surface area contributed by atoms with E-state index in [-0.39, 0.29) is 0 Å². The van der Waals surface area contributed by atoms with Crippen molar-refractivity contribution >= 4 is 0 Å². The molecule has 1 N–H and O–H groups in total. The van der Waals surface area contributed by atoms with E-state index in [1.807, 2.05) is 0 Å². The van der Waals surface area contributed by atoms with Crippen LogP contribution in [0.4, 0.5) is 0 Å². The van der Waals surface area contributed by atoms with E-state index in [1.165, 1.54) is 58.5 Å². The van der Waals surface area contributed by atoms with Gasteiger partial charge in [-0.25, -0.2) is 0 Å². The lowest BCUT2D eigenvalue weighted by Gasteiger charge is -2.33. The lowest BCUT2D eigenvalue weighted by molar-refractivity contribution is 0.182. The van der Waals surface area contributed by atoms with Crippen LogP contribution in [0.25, 0.3) is 0 Å². The van der Waals surface area contributed by atoms with Gasteiger partial charge in [0.15, 0.2) is 0 Å². The Balaban J connectivity index is 2.12. The number of piperidine rings is 1. The zero-order chi connectivity index (χ0) is 11.8. The summed E-state index contributed by atoms with van der Waals surface area (Å²) < 4.78 is 0. The number of nitrogens with one attached hydrogen (secondary N) is 1. The van der Waals surface area contributed by atoms with Gasteiger partial charge >= 0.3 is 0 Å². The Labute approximate surface area is 101 Å². The zero-order valence-electron chi connectivity index (χ0n) is 11.3. The van der Waals surface area contributed by atoms with E-state index in [4.69, 9.17) is 0 Å². The van der Waals surface area contributed by atoms with E-state index in [0.717, 1.165) is 6.04 Å². The van der Waals surface area contributed by atoms with Gasteiger partial charge in [0.1, 0.15) is 0 Å². The Kier molecular flexibility index (Phi) is 7.01. The molecule has 3 nitrogen and oxygen atoms in total. The molecule has 16 heavy (non-hydrogen) atoms. The molecule has 0 amide bonds. The molecular formula is C13H29N3. The zero-order valence-corrected chi connectivity index (χ0v) is 11.3. The number of likely N-dealkylation sites (tertiary alicyclic amines) is 1. The minimum absolute atomic E-state index is 0.724. The molecule has 96 valence electrons. The van der Waals surface area contributed by atoms with Gasteiger partial charge in [0, 0.05) is 12.6 Å². The highest BCUT2D eigenvalue weighted by Gasteiger charge is 2.17. The molecule has 0 aromatic heterocycles. The van der Waals surface area contributed by atoms with Gasteiger partial charge < -0.3 is 15.1 Å². The standard InChI is InChI=1S/C13H29N3/c1-4-15(5-2)10-7-11-16-9-6-8-13(12-16)14-3/h13-14H,4-12H2,1-3H3. The number of nitrogens with zero attached hydrogens (tertiary/aromatic N) is 2. The van der Waals surface area contributed by atoms with Gasteiger partial charge in [-0.15, -0.1) is 0 Å². The van der Waals surface area contributed by atoms with Crippen LogP contribution in [0, 0.1) is 0 Å². The smallest absolute Gasteiger partial charge is 0.0192 e. The van der Waals surface area contributed by atoms with Crippen molar-refractivity contribution < 1.29 is 0 Å². The fourth-order valence-electron chi connectivity index (χ4n) is 2.55. The van der Waals surface area contributed by atoms with Gasteiger partial charge in [-0.1, -0.05) is 13.8 Å². The Bertz CT molecular complexity index is 169. The minimum atomic E-state index is 0.724. The monoisotopic (exact) mass is 227 g/mol. The molecule has 0 saturated carbocycles. The molecule has 1 aliphatic rings. The van der Waals surface area contributed by atoms with Crippen LogP contribution in [0.15, 0.2) is 0 Å². The highest BCUT2D eigenvalue weighted by atomic mass is 15.2. The van der Waals surface area contributed by atoms with Crippen molar-refractivity contribution in [2.24, 2.45) is 0 Å². The number of hydrogen-bond donors (Lipinski definition) is 1. The Morgan fingerprint density at radius 2 is 2.06 bits per heavy atom. The summed E-state index contributed by atoms with van der Waals surface area (Å²) in [5.41, 5.74) is 0. The third-order valence-corrected chi connectivity index (χ3v) is 3.76. The molecule has 1 aliphatic heterocycles. The van der Waals surface area contributed by atoms with Crippen molar-refractivity contribution in [1.82, 2.24) is 15.1 Å². The van der Waals surface area contributed by atoms with Crippen LogP contribution in [-0.4, -0.2) is 62.2 Å². The number of hydrogen-bond acceptors (Lipinski definition) is 3. The van der Waals surface area contributed by atoms with E-state index >= 15 is 0 Å². The van der Waals surface area contributed by atoms with Crippen molar-refractivity contribution in [2.45, 2.75) is 39.2 Å². The highest BCUT2D eigenvalue weighted by Crippen LogP contribution is 2.09. The summed E-state index contributed by atoms with van der Waals surface area (Å²) in [6.07, 6.45) is 4.03. The van der Waals surface area contributed by atoms with Gasteiger partial charge in [-0.05, 0) is 59.0 Å². The number of likely N-dealkylation sites (N-methyl/N-ethyl adjacent to an activating group) is 1. The highest BCUT2D eigenvalue weighted by molar-refractivity contribution is 4.76. The molecule has 1 unspecified atom stereocenters. The fraction of sp³-hybridized carbons (Fsp3) is 1.00. The molecule has 0 aromatic carbocycles. The maximum atomic E-state index is 3.40. The molecule has 0 radical (unpaired) electrons. The Hall–Kier alpha value is -0.120. The summed E-state index contributed by atoms with van der Waals surface area (Å²) in [5.74, 6) is 0. The van der Waals surface area contributed by atoms with Crippen molar-refractivity contribution in [3.63, 3.8) is 0 Å². The molecule has 1 heterocycles. The van der Waals surface area contributed by atoms with Gasteiger partial charge in [0.05, 0.1) is 0 Å². The second-order valence-electron chi connectivity index (χ2n) is 4.81. The average molecular weight is 227 g/mol. The average Bonchev–Trinajstić information content (AvgIpc) is 2.35. The normalized spacial score (nSPS) is 22.9. The third kappa shape index (κ3) is 4.81. The SMILES string of the molecule is CCN(CC)CCCN1CCCC(NC)C1. The summed E-state index contributed by atoms with van der Waals surface area (Å²) in [6.45, 7) is 12.0.